The Bertz CT molecular complexity index is 579. The highest BCUT2D eigenvalue weighted by atomic mass is 16.5. The summed E-state index contributed by atoms with van der Waals surface area (Å²) in [6.45, 7) is 3.85. The van der Waals surface area contributed by atoms with E-state index in [1.165, 1.54) is 77.4 Å². The number of hydrogen-bond donors (Lipinski definition) is 0. The Morgan fingerprint density at radius 2 is 1.58 bits per heavy atom. The number of ether oxygens (including phenoxy) is 1. The molecule has 0 N–H and O–H groups in total. The van der Waals surface area contributed by atoms with E-state index in [0.717, 1.165) is 23.7 Å². The van der Waals surface area contributed by atoms with Gasteiger partial charge in [0, 0.05) is 6.54 Å². The summed E-state index contributed by atoms with van der Waals surface area (Å²) in [4.78, 5) is 2.76. The van der Waals surface area contributed by atoms with Crippen molar-refractivity contribution in [2.24, 2.45) is 17.8 Å². The van der Waals surface area contributed by atoms with Crippen LogP contribution >= 0.6 is 0 Å². The van der Waals surface area contributed by atoms with Crippen molar-refractivity contribution in [3.63, 3.8) is 0 Å². The minimum atomic E-state index is 0.587. The summed E-state index contributed by atoms with van der Waals surface area (Å²) >= 11 is 0. The predicted molar refractivity (Wildman–Crippen MR) is 106 cm³/mol. The highest BCUT2D eigenvalue weighted by Gasteiger charge is 2.49. The van der Waals surface area contributed by atoms with E-state index in [-0.39, 0.29) is 0 Å². The third kappa shape index (κ3) is 3.36. The van der Waals surface area contributed by atoms with Gasteiger partial charge in [0.1, 0.15) is 0 Å². The Morgan fingerprint density at radius 3 is 2.42 bits per heavy atom. The van der Waals surface area contributed by atoms with Gasteiger partial charge in [-0.05, 0) is 80.8 Å². The van der Waals surface area contributed by atoms with Crippen molar-refractivity contribution in [2.75, 3.05) is 19.6 Å². The molecule has 2 aliphatic carbocycles. The van der Waals surface area contributed by atoms with Gasteiger partial charge < -0.3 is 9.64 Å². The first-order valence-corrected chi connectivity index (χ1v) is 11.3. The van der Waals surface area contributed by atoms with Gasteiger partial charge in [-0.25, -0.2) is 0 Å². The van der Waals surface area contributed by atoms with E-state index in [9.17, 15) is 0 Å². The topological polar surface area (TPSA) is 12.5 Å². The molecule has 0 aromatic heterocycles. The van der Waals surface area contributed by atoms with E-state index in [2.05, 4.69) is 35.2 Å². The second-order valence-electron chi connectivity index (χ2n) is 9.43. The number of rotatable bonds is 3. The molecule has 5 unspecified atom stereocenters. The first-order chi connectivity index (χ1) is 12.9. The van der Waals surface area contributed by atoms with Crippen molar-refractivity contribution < 1.29 is 4.74 Å². The molecule has 2 heterocycles. The monoisotopic (exact) mass is 353 g/mol. The molecule has 142 valence electrons. The van der Waals surface area contributed by atoms with Gasteiger partial charge in [-0.15, -0.1) is 0 Å². The third-order valence-corrected chi connectivity index (χ3v) is 7.99. The summed E-state index contributed by atoms with van der Waals surface area (Å²) in [5, 5.41) is 0. The van der Waals surface area contributed by atoms with Crippen LogP contribution in [0.5, 0.6) is 0 Å². The van der Waals surface area contributed by atoms with Gasteiger partial charge >= 0.3 is 0 Å². The number of benzene rings is 1. The molecular weight excluding hydrogens is 318 g/mol. The average molecular weight is 354 g/mol. The molecule has 5 rings (SSSR count). The van der Waals surface area contributed by atoms with E-state index in [1.54, 1.807) is 5.56 Å². The fourth-order valence-corrected chi connectivity index (χ4v) is 6.65. The Kier molecular flexibility index (Phi) is 5.07. The van der Waals surface area contributed by atoms with Crippen molar-refractivity contribution >= 4 is 0 Å². The molecule has 1 aromatic carbocycles. The lowest BCUT2D eigenvalue weighted by Gasteiger charge is -2.39. The van der Waals surface area contributed by atoms with E-state index in [0.29, 0.717) is 12.2 Å². The van der Waals surface area contributed by atoms with E-state index in [1.807, 2.05) is 0 Å². The fraction of sp³-hybridized carbons (Fsp3) is 0.750. The molecule has 2 saturated carbocycles. The summed E-state index contributed by atoms with van der Waals surface area (Å²) < 4.78 is 6.69. The van der Waals surface area contributed by atoms with Crippen molar-refractivity contribution in [1.29, 1.82) is 0 Å². The molecule has 0 bridgehead atoms. The molecule has 2 nitrogen and oxygen atoms in total. The smallest absolute Gasteiger partial charge is 0.0651 e. The van der Waals surface area contributed by atoms with E-state index >= 15 is 0 Å². The summed E-state index contributed by atoms with van der Waals surface area (Å²) in [6.07, 6.45) is 13.8. The van der Waals surface area contributed by atoms with Gasteiger partial charge in [0.05, 0.1) is 12.2 Å². The lowest BCUT2D eigenvalue weighted by molar-refractivity contribution is -0.0350. The van der Waals surface area contributed by atoms with E-state index < -0.39 is 0 Å². The van der Waals surface area contributed by atoms with Crippen molar-refractivity contribution in [2.45, 2.75) is 75.9 Å². The number of likely N-dealkylation sites (tertiary alicyclic amines) is 1. The normalized spacial score (nSPS) is 38.7. The molecule has 4 fully saturated rings. The zero-order chi connectivity index (χ0) is 17.3. The molecule has 2 saturated heterocycles. The molecule has 4 aliphatic rings. The number of hydrogen-bond acceptors (Lipinski definition) is 2. The predicted octanol–water partition coefficient (Wildman–Crippen LogP) is 5.24. The standard InChI is InChI=1S/C24H35NO/c1-2-7-18(8-3-1)19-13-15-25(16-14-19)17-20-9-6-11-22-21-10-4-5-12-23(21)26-24(20)22/h1-3,7-8,19-24H,4-6,9-17H2. The SMILES string of the molecule is c1ccc(C2CCN(CC3CCCC4C5CCCCC5OC34)CC2)cc1. The number of nitrogens with zero attached hydrogens (tertiary/aromatic N) is 1. The molecule has 5 atom stereocenters. The minimum absolute atomic E-state index is 0.587. The van der Waals surface area contributed by atoms with Gasteiger partial charge in [-0.2, -0.15) is 0 Å². The number of piperidine rings is 1. The van der Waals surface area contributed by atoms with Crippen LogP contribution < -0.4 is 0 Å². The summed E-state index contributed by atoms with van der Waals surface area (Å²) in [5.41, 5.74) is 1.55. The van der Waals surface area contributed by atoms with Crippen LogP contribution in [0.4, 0.5) is 0 Å². The Balaban J connectivity index is 1.18. The summed E-state index contributed by atoms with van der Waals surface area (Å²) in [5.74, 6) is 3.37. The Morgan fingerprint density at radius 1 is 0.808 bits per heavy atom. The van der Waals surface area contributed by atoms with Gasteiger partial charge in [-0.1, -0.05) is 49.6 Å². The number of fused-ring (bicyclic) bond motifs is 3. The maximum absolute atomic E-state index is 6.69. The molecule has 26 heavy (non-hydrogen) atoms. The van der Waals surface area contributed by atoms with Crippen molar-refractivity contribution in [1.82, 2.24) is 4.90 Å². The lowest BCUT2D eigenvalue weighted by Crippen LogP contribution is -2.43. The fourth-order valence-electron chi connectivity index (χ4n) is 6.65. The van der Waals surface area contributed by atoms with Crippen LogP contribution in [0, 0.1) is 17.8 Å². The Labute approximate surface area is 159 Å². The molecule has 1 aromatic rings. The molecule has 2 heteroatoms. The largest absolute Gasteiger partial charge is 0.374 e. The highest BCUT2D eigenvalue weighted by molar-refractivity contribution is 5.20. The van der Waals surface area contributed by atoms with Crippen LogP contribution in [0.25, 0.3) is 0 Å². The quantitative estimate of drug-likeness (QED) is 0.737. The third-order valence-electron chi connectivity index (χ3n) is 7.99. The Hall–Kier alpha value is -0.860. The molecule has 0 amide bonds. The van der Waals surface area contributed by atoms with Crippen LogP contribution in [0.1, 0.15) is 69.3 Å². The molecule has 2 aliphatic heterocycles. The molecule has 0 spiro atoms. The summed E-state index contributed by atoms with van der Waals surface area (Å²) in [7, 11) is 0. The zero-order valence-corrected chi connectivity index (χ0v) is 16.2. The van der Waals surface area contributed by atoms with Crippen molar-refractivity contribution in [3.05, 3.63) is 35.9 Å². The second kappa shape index (κ2) is 7.64. The second-order valence-corrected chi connectivity index (χ2v) is 9.43. The van der Waals surface area contributed by atoms with Crippen molar-refractivity contribution in [3.8, 4) is 0 Å². The van der Waals surface area contributed by atoms with Gasteiger partial charge in [0.25, 0.3) is 0 Å². The minimum Gasteiger partial charge on any atom is -0.374 e. The van der Waals surface area contributed by atoms with Crippen LogP contribution in [-0.4, -0.2) is 36.7 Å². The van der Waals surface area contributed by atoms with Gasteiger partial charge in [-0.3, -0.25) is 0 Å². The van der Waals surface area contributed by atoms with Gasteiger partial charge in [0.2, 0.25) is 0 Å². The molecule has 0 radical (unpaired) electrons. The van der Waals surface area contributed by atoms with Crippen LogP contribution in [-0.2, 0) is 4.74 Å². The lowest BCUT2D eigenvalue weighted by atomic mass is 9.70. The van der Waals surface area contributed by atoms with Crippen LogP contribution in [0.15, 0.2) is 30.3 Å². The first-order valence-electron chi connectivity index (χ1n) is 11.3. The first kappa shape index (κ1) is 17.3. The maximum atomic E-state index is 6.69. The molecular formula is C24H35NO. The zero-order valence-electron chi connectivity index (χ0n) is 16.2. The maximum Gasteiger partial charge on any atom is 0.0651 e. The highest BCUT2D eigenvalue weighted by Crippen LogP contribution is 2.49. The van der Waals surface area contributed by atoms with Gasteiger partial charge in [0.15, 0.2) is 0 Å². The van der Waals surface area contributed by atoms with Crippen LogP contribution in [0.2, 0.25) is 0 Å². The summed E-state index contributed by atoms with van der Waals surface area (Å²) in [6, 6.07) is 11.2. The average Bonchev–Trinajstić information content (AvgIpc) is 3.09. The van der Waals surface area contributed by atoms with Crippen LogP contribution in [0.3, 0.4) is 0 Å². The van der Waals surface area contributed by atoms with E-state index in [4.69, 9.17) is 4.74 Å².